The van der Waals surface area contributed by atoms with Crippen molar-refractivity contribution in [3.63, 3.8) is 0 Å². The number of ether oxygens (including phenoxy) is 1. The fourth-order valence-corrected chi connectivity index (χ4v) is 3.18. The third kappa shape index (κ3) is 13.0. The van der Waals surface area contributed by atoms with E-state index in [2.05, 4.69) is 38.3 Å². The number of unbranched alkanes of at least 4 members (excludes halogenated alkanes) is 2. The summed E-state index contributed by atoms with van der Waals surface area (Å²) in [5, 5.41) is 0. The smallest absolute Gasteiger partial charge is 0.316 e. The lowest BCUT2D eigenvalue weighted by Crippen LogP contribution is -2.07. The van der Waals surface area contributed by atoms with Crippen LogP contribution in [0.15, 0.2) is 0 Å². The molecule has 0 spiro atoms. The van der Waals surface area contributed by atoms with E-state index in [-0.39, 0.29) is 5.97 Å². The summed E-state index contributed by atoms with van der Waals surface area (Å²) in [6.07, 6.45) is 4.60. The maximum absolute atomic E-state index is 11.2. The SMILES string of the molecule is CC(C)CCCCCOC(=O)CSP(S)S. The molecular weight excluding hydrogens is 279 g/mol. The highest BCUT2D eigenvalue weighted by Gasteiger charge is 2.05. The fourth-order valence-electron chi connectivity index (χ4n) is 1.17. The van der Waals surface area contributed by atoms with Crippen LogP contribution in [-0.4, -0.2) is 18.3 Å². The summed E-state index contributed by atoms with van der Waals surface area (Å²) in [5.41, 5.74) is -0.660. The van der Waals surface area contributed by atoms with Gasteiger partial charge in [-0.3, -0.25) is 4.79 Å². The lowest BCUT2D eigenvalue weighted by molar-refractivity contribution is -0.140. The van der Waals surface area contributed by atoms with Gasteiger partial charge in [0.2, 0.25) is 0 Å². The van der Waals surface area contributed by atoms with Gasteiger partial charge in [-0.05, 0) is 12.3 Å². The van der Waals surface area contributed by atoms with Crippen molar-refractivity contribution in [1.29, 1.82) is 0 Å². The minimum atomic E-state index is -0.660. The Balaban J connectivity index is 3.21. The van der Waals surface area contributed by atoms with Gasteiger partial charge in [0.25, 0.3) is 0 Å². The molecule has 96 valence electrons. The number of carbonyl (C=O) groups excluding carboxylic acids is 1. The van der Waals surface area contributed by atoms with Crippen LogP contribution >= 0.6 is 41.4 Å². The molecule has 0 heterocycles. The Morgan fingerprint density at radius 1 is 1.31 bits per heavy atom. The predicted octanol–water partition coefficient (Wildman–Crippen LogP) is 4.57. The first-order valence-corrected chi connectivity index (χ1v) is 10.7. The van der Waals surface area contributed by atoms with E-state index < -0.39 is 5.53 Å². The molecule has 0 fully saturated rings. The average Bonchev–Trinajstić information content (AvgIpc) is 2.19. The van der Waals surface area contributed by atoms with E-state index in [1.54, 1.807) is 0 Å². The van der Waals surface area contributed by atoms with Gasteiger partial charge in [-0.1, -0.05) is 33.1 Å². The van der Waals surface area contributed by atoms with Crippen LogP contribution in [0.5, 0.6) is 0 Å². The second-order valence-corrected chi connectivity index (χ2v) is 11.9. The van der Waals surface area contributed by atoms with Crippen molar-refractivity contribution >= 4 is 47.4 Å². The summed E-state index contributed by atoms with van der Waals surface area (Å²) >= 11 is 9.66. The number of hydrogen-bond acceptors (Lipinski definition) is 5. The molecule has 2 nitrogen and oxygen atoms in total. The topological polar surface area (TPSA) is 26.3 Å². The molecule has 0 atom stereocenters. The highest BCUT2D eigenvalue weighted by molar-refractivity contribution is 9.06. The zero-order chi connectivity index (χ0) is 12.4. The van der Waals surface area contributed by atoms with E-state index in [9.17, 15) is 4.79 Å². The summed E-state index contributed by atoms with van der Waals surface area (Å²) in [6.45, 7) is 5.00. The van der Waals surface area contributed by atoms with Crippen molar-refractivity contribution in [2.45, 2.75) is 39.5 Å². The third-order valence-corrected chi connectivity index (χ3v) is 5.74. The van der Waals surface area contributed by atoms with E-state index in [1.165, 1.54) is 24.2 Å². The second-order valence-electron chi connectivity index (χ2n) is 3.99. The number of hydrogen-bond donors (Lipinski definition) is 2. The van der Waals surface area contributed by atoms with Crippen LogP contribution in [0.4, 0.5) is 0 Å². The molecule has 0 saturated heterocycles. The Kier molecular flexibility index (Phi) is 11.7. The second kappa shape index (κ2) is 11.1. The lowest BCUT2D eigenvalue weighted by atomic mass is 10.1. The van der Waals surface area contributed by atoms with E-state index in [0.29, 0.717) is 12.4 Å². The highest BCUT2D eigenvalue weighted by atomic mass is 33.3. The molecule has 0 aliphatic carbocycles. The summed E-state index contributed by atoms with van der Waals surface area (Å²) in [5.74, 6) is 0.985. The molecular formula is C10H21O2PS3. The Bertz CT molecular complexity index is 189. The molecule has 0 rings (SSSR count). The molecule has 0 aromatic rings. The van der Waals surface area contributed by atoms with Crippen LogP contribution in [0.1, 0.15) is 39.5 Å². The zero-order valence-corrected chi connectivity index (χ0v) is 13.4. The fraction of sp³-hybridized carbons (Fsp3) is 0.900. The van der Waals surface area contributed by atoms with Gasteiger partial charge in [0, 0.05) is 0 Å². The number of esters is 1. The molecule has 0 amide bonds. The van der Waals surface area contributed by atoms with Crippen molar-refractivity contribution in [2.24, 2.45) is 5.92 Å². The molecule has 0 aliphatic rings. The van der Waals surface area contributed by atoms with Crippen LogP contribution in [0.25, 0.3) is 0 Å². The van der Waals surface area contributed by atoms with Gasteiger partial charge in [-0.25, -0.2) is 0 Å². The highest BCUT2D eigenvalue weighted by Crippen LogP contribution is 2.57. The van der Waals surface area contributed by atoms with Gasteiger partial charge in [0.15, 0.2) is 0 Å². The van der Waals surface area contributed by atoms with Gasteiger partial charge in [-0.15, -0.1) is 35.9 Å². The van der Waals surface area contributed by atoms with E-state index in [4.69, 9.17) is 4.74 Å². The van der Waals surface area contributed by atoms with Crippen LogP contribution in [0.3, 0.4) is 0 Å². The molecule has 0 N–H and O–H groups in total. The van der Waals surface area contributed by atoms with Gasteiger partial charge < -0.3 is 4.74 Å². The normalized spacial score (nSPS) is 11.1. The number of thiol groups is 2. The number of rotatable bonds is 9. The van der Waals surface area contributed by atoms with Gasteiger partial charge >= 0.3 is 5.97 Å². The molecule has 0 aromatic carbocycles. The molecule has 0 saturated carbocycles. The Labute approximate surface area is 114 Å². The monoisotopic (exact) mass is 300 g/mol. The first-order chi connectivity index (χ1) is 7.52. The lowest BCUT2D eigenvalue weighted by Gasteiger charge is -2.06. The zero-order valence-electron chi connectivity index (χ0n) is 9.89. The maximum Gasteiger partial charge on any atom is 0.316 e. The Morgan fingerprint density at radius 2 is 2.00 bits per heavy atom. The summed E-state index contributed by atoms with van der Waals surface area (Å²) in [4.78, 5) is 11.2. The van der Waals surface area contributed by atoms with Crippen molar-refractivity contribution in [2.75, 3.05) is 12.4 Å². The molecule has 6 heteroatoms. The van der Waals surface area contributed by atoms with Gasteiger partial charge in [-0.2, -0.15) is 0 Å². The molecule has 0 aromatic heterocycles. The quantitative estimate of drug-likeness (QED) is 0.283. The Morgan fingerprint density at radius 3 is 2.56 bits per heavy atom. The predicted molar refractivity (Wildman–Crippen MR) is 81.6 cm³/mol. The molecule has 0 bridgehead atoms. The maximum atomic E-state index is 11.2. The molecule has 0 aliphatic heterocycles. The van der Waals surface area contributed by atoms with Crippen molar-refractivity contribution < 1.29 is 9.53 Å². The van der Waals surface area contributed by atoms with E-state index in [1.807, 2.05) is 0 Å². The van der Waals surface area contributed by atoms with E-state index in [0.717, 1.165) is 18.8 Å². The minimum absolute atomic E-state index is 0.149. The minimum Gasteiger partial charge on any atom is -0.465 e. The van der Waals surface area contributed by atoms with Crippen LogP contribution < -0.4 is 0 Å². The average molecular weight is 300 g/mol. The summed E-state index contributed by atoms with van der Waals surface area (Å²) in [6, 6.07) is 0. The van der Waals surface area contributed by atoms with Gasteiger partial charge in [0.05, 0.1) is 17.9 Å². The standard InChI is InChI=1S/C10H21O2PS3/c1-9(2)6-4-3-5-7-12-10(11)8-16-13(14)15/h9,14-15H,3-8H2,1-2H3. The van der Waals surface area contributed by atoms with Crippen molar-refractivity contribution in [1.82, 2.24) is 0 Å². The molecule has 0 radical (unpaired) electrons. The van der Waals surface area contributed by atoms with Crippen LogP contribution in [0, 0.1) is 5.92 Å². The third-order valence-electron chi connectivity index (χ3n) is 1.99. The number of carbonyl (C=O) groups is 1. The summed E-state index contributed by atoms with van der Waals surface area (Å²) < 4.78 is 5.08. The summed E-state index contributed by atoms with van der Waals surface area (Å²) in [7, 11) is 0. The van der Waals surface area contributed by atoms with Crippen molar-refractivity contribution in [3.05, 3.63) is 0 Å². The Hall–Kier alpha value is 0.950. The first kappa shape index (κ1) is 16.9. The first-order valence-electron chi connectivity index (χ1n) is 5.48. The van der Waals surface area contributed by atoms with Crippen molar-refractivity contribution in [3.8, 4) is 0 Å². The largest absolute Gasteiger partial charge is 0.465 e. The van der Waals surface area contributed by atoms with Crippen LogP contribution in [0.2, 0.25) is 0 Å². The molecule has 0 unspecified atom stereocenters. The van der Waals surface area contributed by atoms with Crippen LogP contribution in [-0.2, 0) is 9.53 Å². The van der Waals surface area contributed by atoms with E-state index >= 15 is 0 Å². The van der Waals surface area contributed by atoms with Gasteiger partial charge in [0.1, 0.15) is 0 Å². The molecule has 16 heavy (non-hydrogen) atoms.